The van der Waals surface area contributed by atoms with Gasteiger partial charge in [0.2, 0.25) is 5.95 Å². The summed E-state index contributed by atoms with van der Waals surface area (Å²) in [7, 11) is 0. The number of hydrogen-bond acceptors (Lipinski definition) is 8. The van der Waals surface area contributed by atoms with Crippen LogP contribution in [-0.4, -0.2) is 26.4 Å². The number of aromatic nitrogens is 3. The fourth-order valence-electron chi connectivity index (χ4n) is 1.15. The minimum Gasteiger partial charge on any atom is -0.354 e. The molecule has 0 saturated carbocycles. The number of nitrogens with zero attached hydrogens (tertiary/aromatic N) is 4. The van der Waals surface area contributed by atoms with Crippen LogP contribution in [-0.2, 0) is 0 Å². The Hall–Kier alpha value is -1.74. The van der Waals surface area contributed by atoms with Gasteiger partial charge in [0.05, 0.1) is 4.92 Å². The Morgan fingerprint density at radius 1 is 1.56 bits per heavy atom. The quantitative estimate of drug-likeness (QED) is 0.511. The smallest absolute Gasteiger partial charge is 0.320 e. The molecule has 9 heteroatoms. The molecule has 1 N–H and O–H groups in total. The lowest BCUT2D eigenvalue weighted by Crippen LogP contribution is -2.04. The monoisotopic (exact) mass is 283 g/mol. The second-order valence-electron chi connectivity index (χ2n) is 3.07. The summed E-state index contributed by atoms with van der Waals surface area (Å²) in [6.07, 6.45) is 2.85. The predicted molar refractivity (Wildman–Crippen MR) is 69.1 cm³/mol. The van der Waals surface area contributed by atoms with Gasteiger partial charge < -0.3 is 5.32 Å². The largest absolute Gasteiger partial charge is 0.354 e. The molecule has 0 aliphatic heterocycles. The first-order valence-corrected chi connectivity index (χ1v) is 6.73. The highest BCUT2D eigenvalue weighted by atomic mass is 32.2. The van der Waals surface area contributed by atoms with Crippen LogP contribution in [0, 0.1) is 10.1 Å². The van der Waals surface area contributed by atoms with E-state index in [1.165, 1.54) is 17.5 Å². The van der Waals surface area contributed by atoms with Crippen molar-refractivity contribution in [1.82, 2.24) is 15.0 Å². The predicted octanol–water partition coefficient (Wildman–Crippen LogP) is 2.42. The van der Waals surface area contributed by atoms with Crippen LogP contribution in [0.25, 0.3) is 0 Å². The van der Waals surface area contributed by atoms with E-state index in [1.54, 1.807) is 11.6 Å². The Balaban J connectivity index is 2.34. The summed E-state index contributed by atoms with van der Waals surface area (Å²) < 4.78 is 0.708. The molecule has 0 bridgehead atoms. The summed E-state index contributed by atoms with van der Waals surface area (Å²) in [5, 5.41) is 15.9. The van der Waals surface area contributed by atoms with Gasteiger partial charge in [-0.25, -0.2) is 9.97 Å². The molecule has 0 saturated heterocycles. The third-order valence-corrected chi connectivity index (χ3v) is 3.74. The van der Waals surface area contributed by atoms with Gasteiger partial charge in [-0.3, -0.25) is 10.1 Å². The zero-order chi connectivity index (χ0) is 13.0. The van der Waals surface area contributed by atoms with E-state index in [9.17, 15) is 10.1 Å². The van der Waals surface area contributed by atoms with Crippen LogP contribution in [0.15, 0.2) is 27.1 Å². The molecule has 2 aromatic rings. The van der Waals surface area contributed by atoms with Gasteiger partial charge in [-0.15, -0.1) is 11.3 Å². The lowest BCUT2D eigenvalue weighted by Gasteiger charge is -2.03. The Kier molecular flexibility index (Phi) is 4.05. The molecular formula is C9H9N5O2S2. The molecular weight excluding hydrogens is 274 g/mol. The van der Waals surface area contributed by atoms with E-state index in [4.69, 9.17) is 0 Å². The average Bonchev–Trinajstić information content (AvgIpc) is 2.82. The van der Waals surface area contributed by atoms with E-state index in [0.717, 1.165) is 11.8 Å². The first-order chi connectivity index (χ1) is 8.70. The van der Waals surface area contributed by atoms with Gasteiger partial charge in [-0.2, -0.15) is 4.98 Å². The standard InChI is InChI=1S/C9H9N5O2S2/c1-2-10-8-12-5-6(14(15)16)7(13-8)18-9-11-3-4-17-9/h3-5H,2H2,1H3,(H,10,12,13). The maximum atomic E-state index is 10.9. The molecule has 0 radical (unpaired) electrons. The van der Waals surface area contributed by atoms with Gasteiger partial charge in [0, 0.05) is 18.1 Å². The van der Waals surface area contributed by atoms with Crippen molar-refractivity contribution in [2.24, 2.45) is 0 Å². The third-order valence-electron chi connectivity index (χ3n) is 1.86. The first-order valence-electron chi connectivity index (χ1n) is 5.03. The van der Waals surface area contributed by atoms with Crippen molar-refractivity contribution in [3.05, 3.63) is 27.9 Å². The molecule has 0 aliphatic rings. The summed E-state index contributed by atoms with van der Waals surface area (Å²) >= 11 is 2.57. The molecule has 18 heavy (non-hydrogen) atoms. The third kappa shape index (κ3) is 2.93. The minimum absolute atomic E-state index is 0.114. The van der Waals surface area contributed by atoms with Crippen LogP contribution < -0.4 is 5.32 Å². The van der Waals surface area contributed by atoms with Crippen LogP contribution in [0.2, 0.25) is 0 Å². The fraction of sp³-hybridized carbons (Fsp3) is 0.222. The van der Waals surface area contributed by atoms with E-state index in [0.29, 0.717) is 21.9 Å². The lowest BCUT2D eigenvalue weighted by atomic mass is 10.5. The second kappa shape index (κ2) is 5.74. The summed E-state index contributed by atoms with van der Waals surface area (Å²) in [4.78, 5) is 22.5. The van der Waals surface area contributed by atoms with Crippen LogP contribution in [0.5, 0.6) is 0 Å². The molecule has 0 amide bonds. The van der Waals surface area contributed by atoms with Crippen LogP contribution in [0.3, 0.4) is 0 Å². The molecule has 0 atom stereocenters. The first kappa shape index (κ1) is 12.7. The number of nitrogens with one attached hydrogen (secondary N) is 1. The van der Waals surface area contributed by atoms with E-state index in [1.807, 2.05) is 6.92 Å². The molecule has 94 valence electrons. The number of rotatable bonds is 5. The normalized spacial score (nSPS) is 10.3. The lowest BCUT2D eigenvalue weighted by molar-refractivity contribution is -0.388. The Bertz CT molecular complexity index is 546. The highest BCUT2D eigenvalue weighted by Crippen LogP contribution is 2.34. The highest BCUT2D eigenvalue weighted by Gasteiger charge is 2.19. The van der Waals surface area contributed by atoms with Crippen molar-refractivity contribution >= 4 is 34.7 Å². The van der Waals surface area contributed by atoms with E-state index in [-0.39, 0.29) is 5.69 Å². The number of anilines is 1. The fourth-order valence-corrected chi connectivity index (χ4v) is 2.75. The van der Waals surface area contributed by atoms with Crippen LogP contribution in [0.4, 0.5) is 11.6 Å². The molecule has 7 nitrogen and oxygen atoms in total. The number of nitro groups is 1. The SMILES string of the molecule is CCNc1ncc([N+](=O)[O-])c(Sc2nccs2)n1. The van der Waals surface area contributed by atoms with E-state index >= 15 is 0 Å². The number of hydrogen-bond donors (Lipinski definition) is 1. The second-order valence-corrected chi connectivity index (χ2v) is 5.20. The zero-order valence-corrected chi connectivity index (χ0v) is 11.0. The average molecular weight is 283 g/mol. The molecule has 2 aromatic heterocycles. The van der Waals surface area contributed by atoms with Gasteiger partial charge in [0.1, 0.15) is 6.20 Å². The van der Waals surface area contributed by atoms with Crippen molar-refractivity contribution in [2.45, 2.75) is 16.3 Å². The molecule has 2 rings (SSSR count). The van der Waals surface area contributed by atoms with E-state index in [2.05, 4.69) is 20.3 Å². The van der Waals surface area contributed by atoms with Crippen molar-refractivity contribution < 1.29 is 4.92 Å². The van der Waals surface area contributed by atoms with Crippen molar-refractivity contribution in [3.63, 3.8) is 0 Å². The van der Waals surface area contributed by atoms with Gasteiger partial charge in [-0.1, -0.05) is 0 Å². The molecule has 0 unspecified atom stereocenters. The Morgan fingerprint density at radius 2 is 2.39 bits per heavy atom. The molecule has 0 aliphatic carbocycles. The summed E-state index contributed by atoms with van der Waals surface area (Å²) in [5.41, 5.74) is -0.114. The highest BCUT2D eigenvalue weighted by molar-refractivity contribution is 8.01. The zero-order valence-electron chi connectivity index (χ0n) is 9.36. The van der Waals surface area contributed by atoms with Crippen molar-refractivity contribution in [3.8, 4) is 0 Å². The summed E-state index contributed by atoms with van der Waals surface area (Å²) in [6, 6.07) is 0. The Morgan fingerprint density at radius 3 is 3.00 bits per heavy atom. The van der Waals surface area contributed by atoms with Crippen LogP contribution >= 0.6 is 23.1 Å². The number of thiazole rings is 1. The van der Waals surface area contributed by atoms with Gasteiger partial charge in [-0.05, 0) is 18.7 Å². The molecule has 0 spiro atoms. The summed E-state index contributed by atoms with van der Waals surface area (Å²) in [6.45, 7) is 2.55. The topological polar surface area (TPSA) is 93.8 Å². The maximum absolute atomic E-state index is 10.9. The molecule has 2 heterocycles. The maximum Gasteiger partial charge on any atom is 0.320 e. The van der Waals surface area contributed by atoms with Crippen molar-refractivity contribution in [2.75, 3.05) is 11.9 Å². The molecule has 0 aromatic carbocycles. The van der Waals surface area contributed by atoms with Gasteiger partial charge in [0.15, 0.2) is 9.37 Å². The molecule has 0 fully saturated rings. The minimum atomic E-state index is -0.494. The van der Waals surface area contributed by atoms with E-state index < -0.39 is 4.92 Å². The van der Waals surface area contributed by atoms with Crippen LogP contribution in [0.1, 0.15) is 6.92 Å². The van der Waals surface area contributed by atoms with Gasteiger partial charge in [0.25, 0.3) is 0 Å². The summed E-state index contributed by atoms with van der Waals surface area (Å²) in [5.74, 6) is 0.377. The van der Waals surface area contributed by atoms with Gasteiger partial charge >= 0.3 is 5.69 Å². The van der Waals surface area contributed by atoms with Crippen molar-refractivity contribution in [1.29, 1.82) is 0 Å². The Labute approximate surface area is 111 Å².